The Morgan fingerprint density at radius 1 is 1.24 bits per heavy atom. The highest BCUT2D eigenvalue weighted by Crippen LogP contribution is 2.47. The van der Waals surface area contributed by atoms with Crippen LogP contribution in [0.15, 0.2) is 43.0 Å². The van der Waals surface area contributed by atoms with Crippen LogP contribution in [0.1, 0.15) is 30.4 Å². The number of ether oxygens (including phenoxy) is 1. The fourth-order valence-corrected chi connectivity index (χ4v) is 2.10. The maximum atomic E-state index is 10.7. The number of rotatable bonds is 4. The average Bonchev–Trinajstić information content (AvgIpc) is 2.49. The zero-order valence-corrected chi connectivity index (χ0v) is 12.1. The van der Waals surface area contributed by atoms with E-state index in [1.54, 1.807) is 38.1 Å². The summed E-state index contributed by atoms with van der Waals surface area (Å²) in [5.41, 5.74) is 0.567. The molecule has 0 heterocycles. The van der Waals surface area contributed by atoms with Gasteiger partial charge < -0.3 is 14.9 Å². The first-order valence-corrected chi connectivity index (χ1v) is 6.63. The summed E-state index contributed by atoms with van der Waals surface area (Å²) in [6, 6.07) is 10.0. The van der Waals surface area contributed by atoms with Crippen molar-refractivity contribution in [3.8, 4) is 28.4 Å². The summed E-state index contributed by atoms with van der Waals surface area (Å²) in [4.78, 5) is 0. The largest absolute Gasteiger partial charge is 0.507 e. The second-order valence-corrected chi connectivity index (χ2v) is 5.01. The third-order valence-corrected chi connectivity index (χ3v) is 2.97. The minimum absolute atomic E-state index is 0.0255. The SMILES string of the molecule is [2H]C([2H])([2H])C(=C)c1cc(O)c(OC(C)C)c(-c2ccccc2)c1O. The lowest BCUT2D eigenvalue weighted by molar-refractivity contribution is 0.232. The normalized spacial score (nSPS) is 13.4. The number of phenolic OH excluding ortho intramolecular Hbond substituents is 2. The van der Waals surface area contributed by atoms with Crippen LogP contribution in [-0.2, 0) is 0 Å². The lowest BCUT2D eigenvalue weighted by Gasteiger charge is -2.19. The Morgan fingerprint density at radius 3 is 2.48 bits per heavy atom. The fourth-order valence-electron chi connectivity index (χ4n) is 2.10. The number of phenols is 2. The van der Waals surface area contributed by atoms with Crippen molar-refractivity contribution in [2.45, 2.75) is 26.8 Å². The van der Waals surface area contributed by atoms with Crippen molar-refractivity contribution in [2.24, 2.45) is 0 Å². The minimum atomic E-state index is -2.49. The second-order valence-electron chi connectivity index (χ2n) is 5.01. The van der Waals surface area contributed by atoms with Crippen LogP contribution in [0.3, 0.4) is 0 Å². The first-order valence-electron chi connectivity index (χ1n) is 8.13. The van der Waals surface area contributed by atoms with E-state index >= 15 is 0 Å². The molecule has 0 atom stereocenters. The molecule has 0 bridgehead atoms. The molecule has 2 N–H and O–H groups in total. The molecule has 0 aliphatic carbocycles. The van der Waals surface area contributed by atoms with Crippen LogP contribution in [0.2, 0.25) is 0 Å². The molecule has 0 aliphatic heterocycles. The van der Waals surface area contributed by atoms with Crippen LogP contribution in [0.25, 0.3) is 16.7 Å². The van der Waals surface area contributed by atoms with Crippen molar-refractivity contribution in [1.29, 1.82) is 0 Å². The van der Waals surface area contributed by atoms with Crippen molar-refractivity contribution < 1.29 is 19.1 Å². The molecule has 3 heteroatoms. The third kappa shape index (κ3) is 3.02. The van der Waals surface area contributed by atoms with Crippen LogP contribution in [0.5, 0.6) is 17.2 Å². The Bertz CT molecular complexity index is 750. The Kier molecular flexibility index (Phi) is 3.17. The molecular formula is C18H20O3. The van der Waals surface area contributed by atoms with E-state index < -0.39 is 6.85 Å². The van der Waals surface area contributed by atoms with Crippen molar-refractivity contribution in [1.82, 2.24) is 0 Å². The van der Waals surface area contributed by atoms with Crippen molar-refractivity contribution in [3.63, 3.8) is 0 Å². The van der Waals surface area contributed by atoms with Crippen LogP contribution in [-0.4, -0.2) is 16.3 Å². The Morgan fingerprint density at radius 2 is 1.90 bits per heavy atom. The van der Waals surface area contributed by atoms with Gasteiger partial charge in [0.1, 0.15) is 5.75 Å². The average molecular weight is 287 g/mol. The smallest absolute Gasteiger partial charge is 0.172 e. The first kappa shape index (κ1) is 11.3. The molecule has 2 aromatic carbocycles. The number of aromatic hydroxyl groups is 2. The van der Waals surface area contributed by atoms with Gasteiger partial charge in [0.05, 0.1) is 11.7 Å². The highest BCUT2D eigenvalue weighted by molar-refractivity contribution is 5.86. The van der Waals surface area contributed by atoms with Gasteiger partial charge in [-0.2, -0.15) is 0 Å². The second kappa shape index (κ2) is 5.92. The molecular weight excluding hydrogens is 264 g/mol. The molecule has 0 aromatic heterocycles. The molecule has 2 rings (SSSR count). The maximum absolute atomic E-state index is 10.7. The van der Waals surface area contributed by atoms with Crippen LogP contribution in [0, 0.1) is 0 Å². The van der Waals surface area contributed by atoms with Gasteiger partial charge in [-0.05, 0) is 37.9 Å². The predicted octanol–water partition coefficient (Wildman–Crippen LogP) is 4.59. The lowest BCUT2D eigenvalue weighted by atomic mass is 9.96. The van der Waals surface area contributed by atoms with Gasteiger partial charge >= 0.3 is 0 Å². The van der Waals surface area contributed by atoms with E-state index in [-0.39, 0.29) is 40.1 Å². The molecule has 110 valence electrons. The molecule has 0 spiro atoms. The quantitative estimate of drug-likeness (QED) is 0.809. The maximum Gasteiger partial charge on any atom is 0.172 e. The van der Waals surface area contributed by atoms with Gasteiger partial charge in [0, 0.05) is 9.68 Å². The third-order valence-electron chi connectivity index (χ3n) is 2.97. The molecule has 0 unspecified atom stereocenters. The topological polar surface area (TPSA) is 49.7 Å². The predicted molar refractivity (Wildman–Crippen MR) is 85.7 cm³/mol. The molecule has 0 fully saturated rings. The summed E-state index contributed by atoms with van der Waals surface area (Å²) in [5, 5.41) is 21.1. The highest BCUT2D eigenvalue weighted by atomic mass is 16.5. The van der Waals surface area contributed by atoms with Gasteiger partial charge in [0.2, 0.25) is 0 Å². The van der Waals surface area contributed by atoms with Crippen LogP contribution >= 0.6 is 0 Å². The molecule has 3 nitrogen and oxygen atoms in total. The van der Waals surface area contributed by atoms with Crippen LogP contribution in [0.4, 0.5) is 0 Å². The Balaban J connectivity index is 2.77. The van der Waals surface area contributed by atoms with Crippen LogP contribution < -0.4 is 4.74 Å². The molecule has 0 saturated carbocycles. The Hall–Kier alpha value is -2.42. The summed E-state index contributed by atoms with van der Waals surface area (Å²) < 4.78 is 28.1. The van der Waals surface area contributed by atoms with Gasteiger partial charge in [-0.15, -0.1) is 0 Å². The summed E-state index contributed by atoms with van der Waals surface area (Å²) >= 11 is 0. The van der Waals surface area contributed by atoms with E-state index in [9.17, 15) is 10.2 Å². The minimum Gasteiger partial charge on any atom is -0.507 e. The fraction of sp³-hybridized carbons (Fsp3) is 0.222. The van der Waals surface area contributed by atoms with Crippen molar-refractivity contribution in [2.75, 3.05) is 0 Å². The van der Waals surface area contributed by atoms with E-state index in [1.165, 1.54) is 6.07 Å². The van der Waals surface area contributed by atoms with Gasteiger partial charge in [-0.25, -0.2) is 0 Å². The van der Waals surface area contributed by atoms with Crippen molar-refractivity contribution >= 4 is 5.57 Å². The zero-order chi connectivity index (χ0) is 18.1. The molecule has 0 amide bonds. The van der Waals surface area contributed by atoms with Gasteiger partial charge in [-0.1, -0.05) is 36.9 Å². The lowest BCUT2D eigenvalue weighted by Crippen LogP contribution is -2.07. The monoisotopic (exact) mass is 287 g/mol. The first-order chi connectivity index (χ1) is 11.1. The van der Waals surface area contributed by atoms with Gasteiger partial charge in [0.25, 0.3) is 0 Å². The summed E-state index contributed by atoms with van der Waals surface area (Å²) in [6.07, 6.45) is -0.241. The Labute approximate surface area is 129 Å². The zero-order valence-electron chi connectivity index (χ0n) is 15.1. The van der Waals surface area contributed by atoms with E-state index in [1.807, 2.05) is 6.07 Å². The van der Waals surface area contributed by atoms with Crippen molar-refractivity contribution in [3.05, 3.63) is 48.5 Å². The summed E-state index contributed by atoms with van der Waals surface area (Å²) in [5.74, 6) is -0.424. The van der Waals surface area contributed by atoms with E-state index in [4.69, 9.17) is 8.85 Å². The molecule has 0 aliphatic rings. The molecule has 0 radical (unpaired) electrons. The molecule has 2 aromatic rings. The van der Waals surface area contributed by atoms with E-state index in [0.29, 0.717) is 5.56 Å². The van der Waals surface area contributed by atoms with Gasteiger partial charge in [0.15, 0.2) is 11.5 Å². The highest BCUT2D eigenvalue weighted by Gasteiger charge is 2.21. The van der Waals surface area contributed by atoms with E-state index in [0.717, 1.165) is 0 Å². The van der Waals surface area contributed by atoms with E-state index in [2.05, 4.69) is 6.58 Å². The standard InChI is InChI=1S/C18H20O3/c1-11(2)14-10-15(19)18(21-12(3)4)16(17(14)20)13-8-6-5-7-9-13/h5-10,12,19-20H,1H2,2-4H3/i2D3. The summed E-state index contributed by atoms with van der Waals surface area (Å²) in [7, 11) is 0. The van der Waals surface area contributed by atoms with Gasteiger partial charge in [-0.3, -0.25) is 0 Å². The number of hydrogen-bond donors (Lipinski definition) is 2. The summed E-state index contributed by atoms with van der Waals surface area (Å²) in [6.45, 7) is 4.65. The number of hydrogen-bond acceptors (Lipinski definition) is 3. The number of allylic oxidation sites excluding steroid dienone is 1. The molecule has 21 heavy (non-hydrogen) atoms. The molecule has 0 saturated heterocycles. The number of benzene rings is 2.